The summed E-state index contributed by atoms with van der Waals surface area (Å²) in [5.74, 6) is 0. The van der Waals surface area contributed by atoms with Gasteiger partial charge in [-0.15, -0.1) is 0 Å². The molecular weight excluding hydrogens is 364 g/mol. The Morgan fingerprint density at radius 1 is 0.893 bits per heavy atom. The summed E-state index contributed by atoms with van der Waals surface area (Å²) in [6, 6.07) is 11.0. The van der Waals surface area contributed by atoms with Gasteiger partial charge in [0.25, 0.3) is 11.4 Å². The molecule has 0 aliphatic carbocycles. The van der Waals surface area contributed by atoms with E-state index in [9.17, 15) is 20.2 Å². The summed E-state index contributed by atoms with van der Waals surface area (Å²) in [6.07, 6.45) is 0. The minimum Gasteiger partial charge on any atom is -0.362 e. The van der Waals surface area contributed by atoms with Gasteiger partial charge in [-0.05, 0) is 17.7 Å². The number of nitrogens with zero attached hydrogens (tertiary/aromatic N) is 4. The normalized spacial score (nSPS) is 15.4. The van der Waals surface area contributed by atoms with Crippen molar-refractivity contribution < 1.29 is 9.85 Å². The van der Waals surface area contributed by atoms with E-state index in [-0.39, 0.29) is 17.9 Å². The zero-order valence-corrected chi connectivity index (χ0v) is 15.2. The van der Waals surface area contributed by atoms with E-state index >= 15 is 0 Å². The van der Waals surface area contributed by atoms with Gasteiger partial charge in [0.05, 0.1) is 9.85 Å². The van der Waals surface area contributed by atoms with Crippen LogP contribution in [0, 0.1) is 20.2 Å². The van der Waals surface area contributed by atoms with Crippen molar-refractivity contribution in [3.8, 4) is 0 Å². The number of nitro groups is 2. The maximum atomic E-state index is 11.5. The van der Waals surface area contributed by atoms with E-state index in [1.165, 1.54) is 12.1 Å². The quantitative estimate of drug-likeness (QED) is 0.564. The SMILES string of the molecule is NCC(N)c1ccc([N+](=O)[O-])c(N2CCN(c3ccccc3[N+](=O)[O-])CC2)c1. The van der Waals surface area contributed by atoms with Crippen LogP contribution in [0.3, 0.4) is 0 Å². The Hall–Kier alpha value is -3.24. The minimum absolute atomic E-state index is 0.00659. The average Bonchev–Trinajstić information content (AvgIpc) is 2.72. The maximum Gasteiger partial charge on any atom is 0.292 e. The van der Waals surface area contributed by atoms with Gasteiger partial charge in [0, 0.05) is 50.9 Å². The summed E-state index contributed by atoms with van der Waals surface area (Å²) in [5.41, 5.74) is 13.4. The van der Waals surface area contributed by atoms with Gasteiger partial charge in [-0.3, -0.25) is 20.2 Å². The van der Waals surface area contributed by atoms with E-state index < -0.39 is 15.9 Å². The molecule has 0 spiro atoms. The van der Waals surface area contributed by atoms with E-state index in [0.29, 0.717) is 37.6 Å². The van der Waals surface area contributed by atoms with Gasteiger partial charge in [0.1, 0.15) is 11.4 Å². The molecule has 1 atom stereocenters. The molecule has 1 fully saturated rings. The number of rotatable bonds is 6. The Labute approximate surface area is 161 Å². The molecule has 28 heavy (non-hydrogen) atoms. The van der Waals surface area contributed by atoms with Crippen molar-refractivity contribution in [2.24, 2.45) is 11.5 Å². The fourth-order valence-electron chi connectivity index (χ4n) is 3.39. The number of piperazine rings is 1. The molecule has 0 saturated carbocycles. The van der Waals surface area contributed by atoms with Gasteiger partial charge >= 0.3 is 0 Å². The zero-order chi connectivity index (χ0) is 20.3. The second-order valence-corrected chi connectivity index (χ2v) is 6.57. The number of anilines is 2. The smallest absolute Gasteiger partial charge is 0.292 e. The van der Waals surface area contributed by atoms with Gasteiger partial charge in [-0.1, -0.05) is 18.2 Å². The molecule has 2 aromatic rings. The second-order valence-electron chi connectivity index (χ2n) is 6.57. The van der Waals surface area contributed by atoms with Crippen molar-refractivity contribution in [3.05, 3.63) is 68.3 Å². The van der Waals surface area contributed by atoms with Crippen LogP contribution in [0.4, 0.5) is 22.7 Å². The van der Waals surface area contributed by atoms with Crippen LogP contribution in [-0.2, 0) is 0 Å². The van der Waals surface area contributed by atoms with Gasteiger partial charge in [0.15, 0.2) is 0 Å². The Bertz CT molecular complexity index is 882. The molecule has 2 aromatic carbocycles. The van der Waals surface area contributed by atoms with Crippen molar-refractivity contribution >= 4 is 22.7 Å². The summed E-state index contributed by atoms with van der Waals surface area (Å²) in [4.78, 5) is 25.8. The van der Waals surface area contributed by atoms with Gasteiger partial charge in [-0.25, -0.2) is 0 Å². The maximum absolute atomic E-state index is 11.5. The largest absolute Gasteiger partial charge is 0.362 e. The fraction of sp³-hybridized carbons (Fsp3) is 0.333. The number of benzene rings is 2. The van der Waals surface area contributed by atoms with Crippen molar-refractivity contribution in [3.63, 3.8) is 0 Å². The highest BCUT2D eigenvalue weighted by Gasteiger charge is 2.27. The number of nitrogens with two attached hydrogens (primary N) is 2. The van der Waals surface area contributed by atoms with E-state index in [2.05, 4.69) is 0 Å². The molecule has 1 aliphatic heterocycles. The topological polar surface area (TPSA) is 145 Å². The molecular formula is C18H22N6O4. The molecule has 0 bridgehead atoms. The van der Waals surface area contributed by atoms with Crippen LogP contribution in [0.25, 0.3) is 0 Å². The molecule has 10 nitrogen and oxygen atoms in total. The molecule has 148 valence electrons. The van der Waals surface area contributed by atoms with Crippen LogP contribution in [0.5, 0.6) is 0 Å². The molecule has 10 heteroatoms. The number of nitro benzene ring substituents is 2. The summed E-state index contributed by atoms with van der Waals surface area (Å²) >= 11 is 0. The Morgan fingerprint density at radius 3 is 2.00 bits per heavy atom. The van der Waals surface area contributed by atoms with E-state index in [0.717, 1.165) is 5.56 Å². The van der Waals surface area contributed by atoms with Crippen molar-refractivity contribution in [1.82, 2.24) is 0 Å². The molecule has 1 saturated heterocycles. The van der Waals surface area contributed by atoms with Crippen molar-refractivity contribution in [2.45, 2.75) is 6.04 Å². The van der Waals surface area contributed by atoms with Gasteiger partial charge in [-0.2, -0.15) is 0 Å². The third-order valence-corrected chi connectivity index (χ3v) is 4.92. The third kappa shape index (κ3) is 3.87. The van der Waals surface area contributed by atoms with Crippen LogP contribution in [0.2, 0.25) is 0 Å². The zero-order valence-electron chi connectivity index (χ0n) is 15.2. The van der Waals surface area contributed by atoms with Crippen molar-refractivity contribution in [2.75, 3.05) is 42.5 Å². The predicted molar refractivity (Wildman–Crippen MR) is 107 cm³/mol. The first-order valence-electron chi connectivity index (χ1n) is 8.89. The summed E-state index contributed by atoms with van der Waals surface area (Å²) in [6.45, 7) is 2.25. The third-order valence-electron chi connectivity index (χ3n) is 4.92. The molecule has 0 aromatic heterocycles. The molecule has 1 heterocycles. The first-order chi connectivity index (χ1) is 13.4. The highest BCUT2D eigenvalue weighted by molar-refractivity contribution is 5.67. The fourth-order valence-corrected chi connectivity index (χ4v) is 3.39. The molecule has 4 N–H and O–H groups in total. The monoisotopic (exact) mass is 386 g/mol. The standard InChI is InChI=1S/C18H22N6O4/c19-12-14(20)13-5-6-17(24(27)28)18(11-13)22-9-7-21(8-10-22)15-3-1-2-4-16(15)23(25)26/h1-6,11,14H,7-10,12,19-20H2. The van der Waals surface area contributed by atoms with E-state index in [1.807, 2.05) is 9.80 Å². The number of hydrogen-bond acceptors (Lipinski definition) is 8. The molecule has 0 radical (unpaired) electrons. The number of para-hydroxylation sites is 2. The number of hydrogen-bond donors (Lipinski definition) is 2. The average molecular weight is 386 g/mol. The highest BCUT2D eigenvalue weighted by Crippen LogP contribution is 2.33. The first-order valence-corrected chi connectivity index (χ1v) is 8.89. The Balaban J connectivity index is 1.83. The lowest BCUT2D eigenvalue weighted by Crippen LogP contribution is -2.47. The minimum atomic E-state index is -0.415. The van der Waals surface area contributed by atoms with Gasteiger partial charge < -0.3 is 21.3 Å². The van der Waals surface area contributed by atoms with Crippen molar-refractivity contribution in [1.29, 1.82) is 0 Å². The lowest BCUT2D eigenvalue weighted by molar-refractivity contribution is -0.384. The van der Waals surface area contributed by atoms with Crippen LogP contribution < -0.4 is 21.3 Å². The summed E-state index contributed by atoms with van der Waals surface area (Å²) in [5, 5.41) is 22.7. The Morgan fingerprint density at radius 2 is 1.43 bits per heavy atom. The lowest BCUT2D eigenvalue weighted by Gasteiger charge is -2.37. The van der Waals surface area contributed by atoms with Crippen LogP contribution in [-0.4, -0.2) is 42.6 Å². The molecule has 0 amide bonds. The lowest BCUT2D eigenvalue weighted by atomic mass is 10.0. The molecule has 1 unspecified atom stereocenters. The molecule has 3 rings (SSSR count). The summed E-state index contributed by atoms with van der Waals surface area (Å²) in [7, 11) is 0. The summed E-state index contributed by atoms with van der Waals surface area (Å²) < 4.78 is 0. The molecule has 1 aliphatic rings. The van der Waals surface area contributed by atoms with Gasteiger partial charge in [0.2, 0.25) is 0 Å². The van der Waals surface area contributed by atoms with E-state index in [4.69, 9.17) is 11.5 Å². The Kier molecular flexibility index (Phi) is 5.71. The predicted octanol–water partition coefficient (Wildman–Crippen LogP) is 1.79. The highest BCUT2D eigenvalue weighted by atomic mass is 16.6. The first kappa shape index (κ1) is 19.5. The second kappa shape index (κ2) is 8.19. The van der Waals surface area contributed by atoms with Crippen LogP contribution in [0.1, 0.15) is 11.6 Å². The van der Waals surface area contributed by atoms with Crippen LogP contribution in [0.15, 0.2) is 42.5 Å². The van der Waals surface area contributed by atoms with E-state index in [1.54, 1.807) is 30.3 Å². The van der Waals surface area contributed by atoms with Crippen LogP contribution >= 0.6 is 0 Å².